The molecule has 0 aromatic rings. The summed E-state index contributed by atoms with van der Waals surface area (Å²) in [6, 6.07) is 0. The fraction of sp³-hybridized carbons (Fsp3) is 0.947. The Bertz CT molecular complexity index is 3380. The Labute approximate surface area is 763 Å². The van der Waals surface area contributed by atoms with Crippen molar-refractivity contribution >= 4 is 24.8 Å². The SMILES string of the molecule is CC(C)(C)OC(=O)NCCO.CC(C)(C)OC(=O)NCCOC1OC(COC2OC(COC3OC(CO)C(O)C(O)C3O)C(O)C(O)C2O)C(O)C(O)C1O.CC(C)(C)OC(=O)NCCOC1OC(COC2OC(COC3OC(OC=O)C(O)C(O)C3O)C(O)C(O)C2O)C(O)C(O)C1O.OCC1OC(OCC2OC(OCC3OC(O)C(O)C(O)C3O)C(O)C(O)C2O)C(O)C(O)C1O. The number of ether oxygens (including phenoxy) is 21. The van der Waals surface area contributed by atoms with Gasteiger partial charge in [0.05, 0.1) is 72.7 Å². The third kappa shape index (κ3) is 33.8. The number of nitrogens with one attached hydrogen (secondary N) is 3. The molecule has 59 nitrogen and oxygen atoms in total. The number of carbonyl (C=O) groups is 4. The van der Waals surface area contributed by atoms with Gasteiger partial charge in [0.15, 0.2) is 56.6 Å². The van der Waals surface area contributed by atoms with E-state index in [4.69, 9.17) is 99.8 Å². The van der Waals surface area contributed by atoms with Crippen LogP contribution >= 0.6 is 0 Å². The highest BCUT2D eigenvalue weighted by molar-refractivity contribution is 5.68. The molecule has 59 heteroatoms. The van der Waals surface area contributed by atoms with Crippen LogP contribution in [0.15, 0.2) is 0 Å². The van der Waals surface area contributed by atoms with Crippen LogP contribution in [-0.4, -0.2) is 569 Å². The fourth-order valence-corrected chi connectivity index (χ4v) is 13.5. The Hall–Kier alpha value is -4.64. The standard InChI is InChI=1S/C25H43NO19.C25H45NO18.C18H32O16.C7H15NO3/c1-25(2,3)45-24(37)26-4-5-38-20-16(33)13(30)11(28)9(42-20)6-39-21-17(34)14(31)12(29)10(43-21)7-40-22-18(35)15(32)19(36)23(44-22)41-8-27;1-25(2,3)44-24(37)26-4-5-38-21-18(34)16(32)13(29)10(42-21)7-40-23-20(36)17(33)14(30)11(43-23)8-39-22-19(35)15(31)12(28)9(6-27)41-22;19-1-4-7(20)11(24)14(27)17(33-4)31-3-6-9(22)12(25)15(28)18(34-6)30-2-5-8(21)10(23)13(26)16(29)32-5;1-7(2,3)11-6(10)8-4-5-9/h8-23,28-36H,4-7H2,1-3H3,(H,26,37);9-23,27-36H,4-8H2,1-3H3,(H,26,37);4-29H,1-3H2;9H,4-5H2,1-3H3,(H,8,10). The fourth-order valence-electron chi connectivity index (χ4n) is 13.5. The van der Waals surface area contributed by atoms with Gasteiger partial charge in [-0.25, -0.2) is 14.4 Å². The molecule has 9 aliphatic rings. The van der Waals surface area contributed by atoms with E-state index < -0.39 is 364 Å². The van der Waals surface area contributed by atoms with Gasteiger partial charge in [-0.2, -0.15) is 0 Å². The lowest BCUT2D eigenvalue weighted by Gasteiger charge is -2.43. The van der Waals surface area contributed by atoms with Crippen molar-refractivity contribution in [1.82, 2.24) is 16.0 Å². The highest BCUT2D eigenvalue weighted by Gasteiger charge is 2.55. The zero-order valence-corrected chi connectivity index (χ0v) is 74.0. The van der Waals surface area contributed by atoms with Gasteiger partial charge in [-0.1, -0.05) is 0 Å². The van der Waals surface area contributed by atoms with E-state index >= 15 is 0 Å². The number of alkyl carbamates (subject to hydrolysis) is 3. The molecule has 45 atom stereocenters. The molecule has 9 saturated heterocycles. The van der Waals surface area contributed by atoms with Gasteiger partial charge >= 0.3 is 18.3 Å². The van der Waals surface area contributed by atoms with Gasteiger partial charge in [0, 0.05) is 19.6 Å². The molecular formula is C75H135N3O56. The van der Waals surface area contributed by atoms with Gasteiger partial charge in [-0.05, 0) is 62.3 Å². The predicted octanol–water partition coefficient (Wildman–Crippen LogP) is -19.0. The van der Waals surface area contributed by atoms with E-state index in [0.717, 1.165) is 0 Å². The first-order valence-corrected chi connectivity index (χ1v) is 42.2. The summed E-state index contributed by atoms with van der Waals surface area (Å²) < 4.78 is 110. The Morgan fingerprint density at radius 3 is 0.672 bits per heavy atom. The van der Waals surface area contributed by atoms with Gasteiger partial charge in [0.2, 0.25) is 6.29 Å². The summed E-state index contributed by atoms with van der Waals surface area (Å²) in [5.41, 5.74) is -1.92. The van der Waals surface area contributed by atoms with Crippen LogP contribution < -0.4 is 16.0 Å². The number of hydrogen-bond acceptors (Lipinski definition) is 56. The molecule has 9 rings (SSSR count). The van der Waals surface area contributed by atoms with E-state index in [1.807, 2.05) is 0 Å². The molecule has 0 aromatic heterocycles. The molecule has 0 spiro atoms. The van der Waals surface area contributed by atoms with E-state index in [9.17, 15) is 172 Å². The monoisotopic (exact) mass is 1970 g/mol. The maximum Gasteiger partial charge on any atom is 0.407 e. The quantitative estimate of drug-likeness (QED) is 0.0169. The highest BCUT2D eigenvalue weighted by Crippen LogP contribution is 2.34. The smallest absolute Gasteiger partial charge is 0.407 e. The van der Waals surface area contributed by atoms with Crippen LogP contribution in [-0.2, 0) is 104 Å². The maximum atomic E-state index is 11.8. The van der Waals surface area contributed by atoms with Crippen LogP contribution in [0.4, 0.5) is 14.4 Å². The van der Waals surface area contributed by atoms with Crippen molar-refractivity contribution in [3.05, 3.63) is 0 Å². The van der Waals surface area contributed by atoms with Crippen molar-refractivity contribution in [2.45, 2.75) is 356 Å². The van der Waals surface area contributed by atoms with Gasteiger partial charge < -0.3 is 274 Å². The van der Waals surface area contributed by atoms with Crippen LogP contribution in [0.2, 0.25) is 0 Å². The van der Waals surface area contributed by atoms with Crippen LogP contribution in [0.1, 0.15) is 62.3 Å². The molecule has 786 valence electrons. The maximum absolute atomic E-state index is 11.8. The number of aliphatic hydroxyl groups excluding tert-OH is 31. The first-order chi connectivity index (χ1) is 62.5. The third-order valence-electron chi connectivity index (χ3n) is 20.9. The minimum Gasteiger partial charge on any atom is -0.444 e. The predicted molar refractivity (Wildman–Crippen MR) is 421 cm³/mol. The second-order valence-corrected chi connectivity index (χ2v) is 34.8. The van der Waals surface area contributed by atoms with E-state index in [-0.39, 0.29) is 45.9 Å². The Balaban J connectivity index is 0.000000294. The lowest BCUT2D eigenvalue weighted by atomic mass is 9.98. The van der Waals surface area contributed by atoms with Gasteiger partial charge in [0.1, 0.15) is 230 Å². The van der Waals surface area contributed by atoms with Crippen LogP contribution in [0.25, 0.3) is 0 Å². The van der Waals surface area contributed by atoms with Gasteiger partial charge in [-0.3, -0.25) is 4.79 Å². The molecule has 0 aliphatic carbocycles. The second kappa shape index (κ2) is 54.0. The van der Waals surface area contributed by atoms with Crippen molar-refractivity contribution in [3.8, 4) is 0 Å². The molecule has 45 unspecified atom stereocenters. The van der Waals surface area contributed by atoms with Crippen molar-refractivity contribution in [1.29, 1.82) is 0 Å². The van der Waals surface area contributed by atoms with Crippen LogP contribution in [0.5, 0.6) is 0 Å². The van der Waals surface area contributed by atoms with Crippen molar-refractivity contribution < 1.29 is 277 Å². The largest absolute Gasteiger partial charge is 0.444 e. The van der Waals surface area contributed by atoms with E-state index in [0.29, 0.717) is 0 Å². The number of carbonyl (C=O) groups excluding carboxylic acids is 4. The molecule has 9 fully saturated rings. The summed E-state index contributed by atoms with van der Waals surface area (Å²) in [4.78, 5) is 44.9. The summed E-state index contributed by atoms with van der Waals surface area (Å²) >= 11 is 0. The molecule has 9 aliphatic heterocycles. The van der Waals surface area contributed by atoms with Crippen LogP contribution in [0.3, 0.4) is 0 Å². The second-order valence-electron chi connectivity index (χ2n) is 34.8. The number of amides is 3. The molecule has 0 bridgehead atoms. The normalized spacial score (nSPS) is 42.8. The summed E-state index contributed by atoms with van der Waals surface area (Å²) in [5, 5.41) is 317. The molecule has 0 aromatic carbocycles. The molecule has 0 radical (unpaired) electrons. The minimum absolute atomic E-state index is 0.0454. The third-order valence-corrected chi connectivity index (χ3v) is 20.9. The number of hydrogen-bond donors (Lipinski definition) is 34. The number of aliphatic hydroxyl groups is 31. The van der Waals surface area contributed by atoms with Crippen LogP contribution in [0, 0.1) is 0 Å². The highest BCUT2D eigenvalue weighted by atomic mass is 16.8. The summed E-state index contributed by atoms with van der Waals surface area (Å²) in [7, 11) is 0. The lowest BCUT2D eigenvalue weighted by Crippen LogP contribution is -2.62. The topological polar surface area (TPSA) is 925 Å². The average Bonchev–Trinajstić information content (AvgIpc) is 0.793. The first-order valence-electron chi connectivity index (χ1n) is 42.2. The molecule has 34 N–H and O–H groups in total. The van der Waals surface area contributed by atoms with E-state index in [1.54, 1.807) is 62.3 Å². The summed E-state index contributed by atoms with van der Waals surface area (Å²) in [6.45, 7) is 10.1. The van der Waals surface area contributed by atoms with E-state index in [2.05, 4.69) is 20.7 Å². The zero-order valence-electron chi connectivity index (χ0n) is 74.0. The Morgan fingerprint density at radius 1 is 0.246 bits per heavy atom. The van der Waals surface area contributed by atoms with Crippen molar-refractivity contribution in [3.63, 3.8) is 0 Å². The lowest BCUT2D eigenvalue weighted by molar-refractivity contribution is -0.356. The van der Waals surface area contributed by atoms with Gasteiger partial charge in [0.25, 0.3) is 6.47 Å². The zero-order chi connectivity index (χ0) is 101. The first kappa shape index (κ1) is 118. The minimum atomic E-state index is -1.86. The Morgan fingerprint density at radius 2 is 0.440 bits per heavy atom. The Kier molecular flexibility index (Phi) is 47.6. The van der Waals surface area contributed by atoms with Crippen molar-refractivity contribution in [2.75, 3.05) is 92.3 Å². The summed E-state index contributed by atoms with van der Waals surface area (Å²) in [5.74, 6) is 0. The molecule has 9 heterocycles. The van der Waals surface area contributed by atoms with Gasteiger partial charge in [-0.15, -0.1) is 0 Å². The molecule has 134 heavy (non-hydrogen) atoms. The molecular weight excluding hydrogens is 1840 g/mol. The summed E-state index contributed by atoms with van der Waals surface area (Å²) in [6.07, 6.45) is -76.0. The molecule has 0 saturated carbocycles. The van der Waals surface area contributed by atoms with E-state index in [1.165, 1.54) is 0 Å². The average molecular weight is 1970 g/mol. The number of rotatable bonds is 32. The molecule has 3 amide bonds. The van der Waals surface area contributed by atoms with Crippen molar-refractivity contribution in [2.24, 2.45) is 0 Å².